The molecule has 0 radical (unpaired) electrons. The van der Waals surface area contributed by atoms with E-state index in [1.165, 1.54) is 29.7 Å². The normalized spacial score (nSPS) is 11.2. The van der Waals surface area contributed by atoms with E-state index in [2.05, 4.69) is 9.98 Å². The van der Waals surface area contributed by atoms with Crippen LogP contribution in [0, 0.1) is 10.1 Å². The molecular weight excluding hydrogens is 290 g/mol. The molecule has 0 unspecified atom stereocenters. The second kappa shape index (κ2) is 5.29. The summed E-state index contributed by atoms with van der Waals surface area (Å²) in [6.45, 7) is 0. The van der Waals surface area contributed by atoms with Crippen LogP contribution in [0.15, 0.2) is 47.5 Å². The second-order valence-corrected chi connectivity index (χ2v) is 5.21. The fourth-order valence-corrected chi connectivity index (χ4v) is 2.60. The van der Waals surface area contributed by atoms with Crippen molar-refractivity contribution in [3.8, 4) is 5.75 Å². The Balaban J connectivity index is 1.95. The van der Waals surface area contributed by atoms with E-state index in [0.717, 1.165) is 16.3 Å². The van der Waals surface area contributed by atoms with E-state index in [1.54, 1.807) is 0 Å². The summed E-state index contributed by atoms with van der Waals surface area (Å²) in [5, 5.41) is 22.9. The summed E-state index contributed by atoms with van der Waals surface area (Å²) >= 11 is 1.39. The summed E-state index contributed by atoms with van der Waals surface area (Å²) in [5.74, 6) is -0.314. The zero-order valence-electron chi connectivity index (χ0n) is 10.6. The lowest BCUT2D eigenvalue weighted by Gasteiger charge is -2.08. The number of nitro benzene ring substituents is 1. The molecule has 0 saturated carbocycles. The smallest absolute Gasteiger partial charge is 0.270 e. The molecule has 0 aliphatic heterocycles. The average molecular weight is 298 g/mol. The summed E-state index contributed by atoms with van der Waals surface area (Å²) in [6.07, 6.45) is 1.31. The van der Waals surface area contributed by atoms with Gasteiger partial charge in [0.25, 0.3) is 5.69 Å². The van der Waals surface area contributed by atoms with Crippen molar-refractivity contribution >= 4 is 38.6 Å². The van der Waals surface area contributed by atoms with Crippen LogP contribution in [0.25, 0.3) is 10.2 Å². The molecule has 2 aromatic carbocycles. The largest absolute Gasteiger partial charge is 0.872 e. The number of hydrogen-bond acceptors (Lipinski definition) is 6. The van der Waals surface area contributed by atoms with E-state index < -0.39 is 4.92 Å². The van der Waals surface area contributed by atoms with Crippen LogP contribution in [-0.2, 0) is 0 Å². The van der Waals surface area contributed by atoms with E-state index in [4.69, 9.17) is 0 Å². The number of rotatable bonds is 3. The van der Waals surface area contributed by atoms with Crippen LogP contribution in [0.4, 0.5) is 10.8 Å². The molecule has 7 heteroatoms. The molecule has 0 saturated heterocycles. The molecule has 0 aliphatic carbocycles. The maximum absolute atomic E-state index is 11.7. The molecule has 3 aromatic rings. The lowest BCUT2D eigenvalue weighted by molar-refractivity contribution is -0.385. The van der Waals surface area contributed by atoms with Crippen LogP contribution >= 0.6 is 11.3 Å². The molecule has 0 aliphatic rings. The van der Waals surface area contributed by atoms with Gasteiger partial charge in [-0.15, -0.1) is 0 Å². The van der Waals surface area contributed by atoms with Crippen LogP contribution in [0.1, 0.15) is 5.56 Å². The number of hydrogen-bond donors (Lipinski definition) is 0. The van der Waals surface area contributed by atoms with Crippen molar-refractivity contribution in [2.24, 2.45) is 4.99 Å². The monoisotopic (exact) mass is 298 g/mol. The van der Waals surface area contributed by atoms with E-state index >= 15 is 0 Å². The molecule has 1 aromatic heterocycles. The number of thiazole rings is 1. The van der Waals surface area contributed by atoms with Gasteiger partial charge in [-0.05, 0) is 17.7 Å². The van der Waals surface area contributed by atoms with Crippen LogP contribution in [-0.4, -0.2) is 16.1 Å². The summed E-state index contributed by atoms with van der Waals surface area (Å²) in [4.78, 5) is 18.6. The van der Waals surface area contributed by atoms with E-state index in [0.29, 0.717) is 5.13 Å². The molecule has 3 rings (SSSR count). The number of fused-ring (bicyclic) bond motifs is 1. The Morgan fingerprint density at radius 3 is 2.81 bits per heavy atom. The number of non-ortho nitro benzene ring substituents is 1. The number of nitrogens with zero attached hydrogens (tertiary/aromatic N) is 3. The first kappa shape index (κ1) is 13.2. The molecule has 0 amide bonds. The third-order valence-corrected chi connectivity index (χ3v) is 3.75. The molecule has 0 N–H and O–H groups in total. The van der Waals surface area contributed by atoms with E-state index in [-0.39, 0.29) is 17.0 Å². The second-order valence-electron chi connectivity index (χ2n) is 4.20. The van der Waals surface area contributed by atoms with Gasteiger partial charge in [-0.3, -0.25) is 10.1 Å². The Kier molecular flexibility index (Phi) is 3.33. The van der Waals surface area contributed by atoms with Gasteiger partial charge in [0, 0.05) is 18.3 Å². The number of aliphatic imine (C=N–C) groups is 1. The molecule has 0 fully saturated rings. The highest BCUT2D eigenvalue weighted by Gasteiger charge is 2.06. The van der Waals surface area contributed by atoms with Crippen molar-refractivity contribution in [2.45, 2.75) is 0 Å². The van der Waals surface area contributed by atoms with Gasteiger partial charge in [-0.1, -0.05) is 35.3 Å². The first-order valence-electron chi connectivity index (χ1n) is 5.98. The lowest BCUT2D eigenvalue weighted by Crippen LogP contribution is -1.97. The Morgan fingerprint density at radius 2 is 2.05 bits per heavy atom. The molecule has 21 heavy (non-hydrogen) atoms. The predicted octanol–water partition coefficient (Wildman–Crippen LogP) is 3.03. The van der Waals surface area contributed by atoms with Gasteiger partial charge in [0.2, 0.25) is 5.13 Å². The van der Waals surface area contributed by atoms with Gasteiger partial charge in [-0.2, -0.15) is 0 Å². The highest BCUT2D eigenvalue weighted by Crippen LogP contribution is 2.28. The Labute approximate surface area is 123 Å². The summed E-state index contributed by atoms with van der Waals surface area (Å²) in [7, 11) is 0. The standard InChI is InChI=1S/C14H9N3O3S/c18-12-6-5-10(17(19)20)7-9(12)8-15-14-16-11-3-1-2-4-13(11)21-14/h1-8,18H/p-1. The third-order valence-electron chi connectivity index (χ3n) is 2.80. The SMILES string of the molecule is O=[N+]([O-])c1ccc([O-])c(C=Nc2nc3ccccc3s2)c1. The maximum atomic E-state index is 11.7. The summed E-state index contributed by atoms with van der Waals surface area (Å²) < 4.78 is 0.992. The topological polar surface area (TPSA) is 91.5 Å². The number of aromatic nitrogens is 1. The third kappa shape index (κ3) is 2.72. The van der Waals surface area contributed by atoms with Gasteiger partial charge >= 0.3 is 0 Å². The molecule has 0 atom stereocenters. The van der Waals surface area contributed by atoms with Gasteiger partial charge in [0.1, 0.15) is 0 Å². The molecule has 0 bridgehead atoms. The average Bonchev–Trinajstić information content (AvgIpc) is 2.89. The highest BCUT2D eigenvalue weighted by atomic mass is 32.1. The molecule has 6 nitrogen and oxygen atoms in total. The lowest BCUT2D eigenvalue weighted by atomic mass is 10.2. The number of nitro groups is 1. The maximum Gasteiger partial charge on any atom is 0.270 e. The first-order chi connectivity index (χ1) is 10.1. The van der Waals surface area contributed by atoms with Crippen LogP contribution in [0.5, 0.6) is 5.75 Å². The van der Waals surface area contributed by atoms with Gasteiger partial charge in [0.05, 0.1) is 15.1 Å². The number of benzene rings is 2. The Morgan fingerprint density at radius 1 is 1.24 bits per heavy atom. The van der Waals surface area contributed by atoms with Crippen molar-refractivity contribution < 1.29 is 10.0 Å². The van der Waals surface area contributed by atoms with E-state index in [9.17, 15) is 15.2 Å². The highest BCUT2D eigenvalue weighted by molar-refractivity contribution is 7.22. The molecular formula is C14H8N3O3S-. The fourth-order valence-electron chi connectivity index (χ4n) is 1.79. The van der Waals surface area contributed by atoms with Crippen molar-refractivity contribution in [3.05, 3.63) is 58.1 Å². The zero-order valence-corrected chi connectivity index (χ0v) is 11.4. The van der Waals surface area contributed by atoms with Crippen molar-refractivity contribution in [3.63, 3.8) is 0 Å². The van der Waals surface area contributed by atoms with Gasteiger partial charge < -0.3 is 5.11 Å². The van der Waals surface area contributed by atoms with E-state index in [1.807, 2.05) is 24.3 Å². The minimum absolute atomic E-state index is 0.139. The quantitative estimate of drug-likeness (QED) is 0.422. The summed E-state index contributed by atoms with van der Waals surface area (Å²) in [6, 6.07) is 11.1. The fraction of sp³-hybridized carbons (Fsp3) is 0. The van der Waals surface area contributed by atoms with Crippen LogP contribution in [0.3, 0.4) is 0 Å². The molecule has 0 spiro atoms. The summed E-state index contributed by atoms with van der Waals surface area (Å²) in [5.41, 5.74) is 0.861. The predicted molar refractivity (Wildman–Crippen MR) is 79.4 cm³/mol. The van der Waals surface area contributed by atoms with Crippen molar-refractivity contribution in [1.29, 1.82) is 0 Å². The van der Waals surface area contributed by atoms with Crippen LogP contribution < -0.4 is 5.11 Å². The van der Waals surface area contributed by atoms with Crippen molar-refractivity contribution in [1.82, 2.24) is 4.98 Å². The van der Waals surface area contributed by atoms with Crippen LogP contribution in [0.2, 0.25) is 0 Å². The van der Waals surface area contributed by atoms with Gasteiger partial charge in [0.15, 0.2) is 0 Å². The molecule has 1 heterocycles. The number of para-hydroxylation sites is 1. The van der Waals surface area contributed by atoms with Gasteiger partial charge in [-0.25, -0.2) is 9.98 Å². The zero-order chi connectivity index (χ0) is 14.8. The van der Waals surface area contributed by atoms with Crippen molar-refractivity contribution in [2.75, 3.05) is 0 Å². The Hall–Kier alpha value is -2.80. The minimum atomic E-state index is -0.547. The molecule has 104 valence electrons. The first-order valence-corrected chi connectivity index (χ1v) is 6.80. The Bertz CT molecular complexity index is 825. The minimum Gasteiger partial charge on any atom is -0.872 e.